The minimum absolute atomic E-state index is 0. The molecule has 0 saturated heterocycles. The largest absolute Gasteiger partial charge is 0.393 e. The van der Waals surface area contributed by atoms with Crippen LogP contribution in [0.4, 0.5) is 0 Å². The Morgan fingerprint density at radius 1 is 1.62 bits per heavy atom. The van der Waals surface area contributed by atoms with E-state index in [1.54, 1.807) is 6.92 Å². The molecule has 0 amide bonds. The quantitative estimate of drug-likeness (QED) is 0.599. The maximum atomic E-state index is 8.63. The average molecular weight is 140 g/mol. The fourth-order valence-corrected chi connectivity index (χ4v) is 0.413. The molecule has 0 aliphatic rings. The van der Waals surface area contributed by atoms with Crippen molar-refractivity contribution in [3.05, 3.63) is 0 Å². The van der Waals surface area contributed by atoms with Gasteiger partial charge in [0.05, 0.1) is 6.10 Å². The molecule has 3 N–H and O–H groups in total. The first-order valence-corrected chi connectivity index (χ1v) is 2.65. The highest BCUT2D eigenvalue weighted by Crippen LogP contribution is 1.91. The topological polar surface area (TPSA) is 46.2 Å². The lowest BCUT2D eigenvalue weighted by molar-refractivity contribution is 0.182. The van der Waals surface area contributed by atoms with Crippen molar-refractivity contribution in [2.45, 2.75) is 25.9 Å². The predicted molar refractivity (Wildman–Crippen MR) is 37.2 cm³/mol. The molecule has 1 atom stereocenters. The van der Waals surface area contributed by atoms with E-state index in [2.05, 4.69) is 0 Å². The van der Waals surface area contributed by atoms with Crippen molar-refractivity contribution in [2.75, 3.05) is 6.54 Å². The van der Waals surface area contributed by atoms with Gasteiger partial charge in [0.1, 0.15) is 0 Å². The molecule has 0 aliphatic carbocycles. The Balaban J connectivity index is 0. The van der Waals surface area contributed by atoms with Crippen molar-refractivity contribution in [1.82, 2.24) is 0 Å². The normalized spacial score (nSPS) is 12.4. The molecule has 0 fully saturated rings. The molecule has 52 valence electrons. The van der Waals surface area contributed by atoms with Gasteiger partial charge in [0.15, 0.2) is 0 Å². The third-order valence-electron chi connectivity index (χ3n) is 0.826. The van der Waals surface area contributed by atoms with E-state index in [-0.39, 0.29) is 18.5 Å². The third-order valence-corrected chi connectivity index (χ3v) is 0.826. The van der Waals surface area contributed by atoms with Crippen LogP contribution in [0.5, 0.6) is 0 Å². The molecule has 0 aromatic rings. The Morgan fingerprint density at radius 2 is 2.12 bits per heavy atom. The summed E-state index contributed by atoms with van der Waals surface area (Å²) in [4.78, 5) is 0. The summed E-state index contributed by atoms with van der Waals surface area (Å²) in [7, 11) is 0. The minimum Gasteiger partial charge on any atom is -0.393 e. The van der Waals surface area contributed by atoms with Gasteiger partial charge in [-0.3, -0.25) is 0 Å². The predicted octanol–water partition coefficient (Wildman–Crippen LogP) is 0.528. The van der Waals surface area contributed by atoms with Gasteiger partial charge >= 0.3 is 0 Å². The van der Waals surface area contributed by atoms with Crippen LogP contribution in [0.25, 0.3) is 0 Å². The second-order valence-electron chi connectivity index (χ2n) is 1.78. The van der Waals surface area contributed by atoms with E-state index < -0.39 is 0 Å². The number of aliphatic hydroxyl groups is 1. The van der Waals surface area contributed by atoms with Crippen LogP contribution >= 0.6 is 12.4 Å². The number of hydrogen-bond donors (Lipinski definition) is 2. The fourth-order valence-electron chi connectivity index (χ4n) is 0.413. The van der Waals surface area contributed by atoms with Crippen LogP contribution in [-0.2, 0) is 0 Å². The first kappa shape index (κ1) is 11.1. The molecule has 0 bridgehead atoms. The molecule has 3 heteroatoms. The number of rotatable bonds is 3. The van der Waals surface area contributed by atoms with Crippen molar-refractivity contribution >= 4 is 12.4 Å². The molecule has 0 spiro atoms. The highest BCUT2D eigenvalue weighted by atomic mass is 35.5. The molecule has 8 heavy (non-hydrogen) atoms. The van der Waals surface area contributed by atoms with Crippen molar-refractivity contribution in [3.63, 3.8) is 0 Å². The van der Waals surface area contributed by atoms with Gasteiger partial charge in [-0.25, -0.2) is 0 Å². The summed E-state index contributed by atoms with van der Waals surface area (Å²) < 4.78 is 0. The van der Waals surface area contributed by atoms with E-state index in [4.69, 9.17) is 10.8 Å². The van der Waals surface area contributed by atoms with E-state index >= 15 is 0 Å². The standard InChI is InChI=1S/C5H13NO.ClH/c1-5(7)3-2-4-6;/h5,7H,2-4,6H2,1H3;1H. The van der Waals surface area contributed by atoms with Gasteiger partial charge in [0.2, 0.25) is 0 Å². The number of nitrogens with two attached hydrogens (primary N) is 1. The Bertz CT molecular complexity index is 41.4. The molecular weight excluding hydrogens is 126 g/mol. The Hall–Kier alpha value is 0.210. The molecular formula is C5H14ClNO. The maximum Gasteiger partial charge on any atom is 0.0512 e. The number of halogens is 1. The van der Waals surface area contributed by atoms with Crippen molar-refractivity contribution in [1.29, 1.82) is 0 Å². The zero-order valence-corrected chi connectivity index (χ0v) is 5.95. The maximum absolute atomic E-state index is 8.63. The van der Waals surface area contributed by atoms with Crippen molar-refractivity contribution in [3.8, 4) is 0 Å². The molecule has 0 radical (unpaired) electrons. The highest BCUT2D eigenvalue weighted by Gasteiger charge is 1.90. The Labute approximate surface area is 56.5 Å². The second kappa shape index (κ2) is 7.21. The molecule has 2 nitrogen and oxygen atoms in total. The lowest BCUT2D eigenvalue weighted by Crippen LogP contribution is -2.05. The summed E-state index contributed by atoms with van der Waals surface area (Å²) in [6.45, 7) is 2.46. The molecule has 0 aliphatic heterocycles. The minimum atomic E-state index is -0.177. The lowest BCUT2D eigenvalue weighted by atomic mass is 10.2. The SMILES string of the molecule is CC(O)CCCN.Cl. The van der Waals surface area contributed by atoms with E-state index in [0.29, 0.717) is 6.54 Å². The molecule has 0 heterocycles. The first-order chi connectivity index (χ1) is 3.27. The highest BCUT2D eigenvalue weighted by molar-refractivity contribution is 5.85. The summed E-state index contributed by atoms with van der Waals surface area (Å²) in [5.74, 6) is 0. The van der Waals surface area contributed by atoms with Crippen molar-refractivity contribution in [2.24, 2.45) is 5.73 Å². The summed E-state index contributed by atoms with van der Waals surface area (Å²) in [6.07, 6.45) is 1.58. The van der Waals surface area contributed by atoms with Crippen LogP contribution in [0.1, 0.15) is 19.8 Å². The van der Waals surface area contributed by atoms with Crippen LogP contribution in [0.3, 0.4) is 0 Å². The molecule has 0 aromatic carbocycles. The monoisotopic (exact) mass is 139 g/mol. The Morgan fingerprint density at radius 3 is 2.25 bits per heavy atom. The van der Waals surface area contributed by atoms with Gasteiger partial charge in [-0.15, -0.1) is 12.4 Å². The molecule has 0 rings (SSSR count). The Kier molecular flexibility index (Phi) is 9.97. The van der Waals surface area contributed by atoms with Gasteiger partial charge in [-0.2, -0.15) is 0 Å². The van der Waals surface area contributed by atoms with E-state index in [0.717, 1.165) is 12.8 Å². The zero-order valence-electron chi connectivity index (χ0n) is 5.13. The van der Waals surface area contributed by atoms with Gasteiger partial charge in [-0.05, 0) is 26.3 Å². The van der Waals surface area contributed by atoms with Gasteiger partial charge in [-0.1, -0.05) is 0 Å². The summed E-state index contributed by atoms with van der Waals surface area (Å²) in [5, 5.41) is 8.63. The van der Waals surface area contributed by atoms with Crippen LogP contribution in [-0.4, -0.2) is 17.8 Å². The van der Waals surface area contributed by atoms with Crippen LogP contribution in [0, 0.1) is 0 Å². The second-order valence-corrected chi connectivity index (χ2v) is 1.78. The van der Waals surface area contributed by atoms with Crippen LogP contribution < -0.4 is 5.73 Å². The number of aliphatic hydroxyl groups excluding tert-OH is 1. The average Bonchev–Trinajstić information content (AvgIpc) is 1.61. The van der Waals surface area contributed by atoms with Crippen LogP contribution in [0.2, 0.25) is 0 Å². The summed E-state index contributed by atoms with van der Waals surface area (Å²) >= 11 is 0. The van der Waals surface area contributed by atoms with Crippen molar-refractivity contribution < 1.29 is 5.11 Å². The molecule has 1 unspecified atom stereocenters. The summed E-state index contributed by atoms with van der Waals surface area (Å²) in [6, 6.07) is 0. The van der Waals surface area contributed by atoms with E-state index in [1.807, 2.05) is 0 Å². The fraction of sp³-hybridized carbons (Fsp3) is 1.00. The smallest absolute Gasteiger partial charge is 0.0512 e. The molecule has 0 saturated carbocycles. The van der Waals surface area contributed by atoms with Crippen LogP contribution in [0.15, 0.2) is 0 Å². The van der Waals surface area contributed by atoms with E-state index in [9.17, 15) is 0 Å². The third kappa shape index (κ3) is 9.51. The first-order valence-electron chi connectivity index (χ1n) is 2.65. The zero-order chi connectivity index (χ0) is 5.70. The van der Waals surface area contributed by atoms with Gasteiger partial charge in [0.25, 0.3) is 0 Å². The van der Waals surface area contributed by atoms with Gasteiger partial charge in [0, 0.05) is 0 Å². The molecule has 0 aromatic heterocycles. The number of hydrogen-bond acceptors (Lipinski definition) is 2. The summed E-state index contributed by atoms with van der Waals surface area (Å²) in [5.41, 5.74) is 5.17. The lowest BCUT2D eigenvalue weighted by Gasteiger charge is -1.98. The van der Waals surface area contributed by atoms with Gasteiger partial charge < -0.3 is 10.8 Å². The van der Waals surface area contributed by atoms with E-state index in [1.165, 1.54) is 0 Å².